The zero-order valence-corrected chi connectivity index (χ0v) is 12.4. The maximum Gasteiger partial charge on any atom is 0.224 e. The normalized spacial score (nSPS) is 13.5. The number of nitrogens with one attached hydrogen (secondary N) is 1. The molecule has 3 nitrogen and oxygen atoms in total. The van der Waals surface area contributed by atoms with Crippen LogP contribution in [0.1, 0.15) is 39.2 Å². The first-order chi connectivity index (χ1) is 8.84. The minimum absolute atomic E-state index is 0.263. The highest BCUT2D eigenvalue weighted by Crippen LogP contribution is 2.23. The monoisotopic (exact) mass is 262 g/mol. The van der Waals surface area contributed by atoms with Crippen molar-refractivity contribution in [1.82, 2.24) is 5.32 Å². The third-order valence-corrected chi connectivity index (χ3v) is 3.63. The fraction of sp³-hybridized carbons (Fsp3) is 0.562. The Bertz CT molecular complexity index is 398. The predicted octanol–water partition coefficient (Wildman–Crippen LogP) is 2.53. The van der Waals surface area contributed by atoms with Crippen LogP contribution >= 0.6 is 0 Å². The van der Waals surface area contributed by atoms with Crippen molar-refractivity contribution in [2.45, 2.75) is 33.6 Å². The molecular formula is C16H26N2O. The number of carbonyl (C=O) groups excluding carboxylic acids is 1. The maximum absolute atomic E-state index is 11.3. The van der Waals surface area contributed by atoms with Gasteiger partial charge in [-0.2, -0.15) is 0 Å². The zero-order chi connectivity index (χ0) is 14.5. The van der Waals surface area contributed by atoms with E-state index in [-0.39, 0.29) is 5.91 Å². The van der Waals surface area contributed by atoms with E-state index in [1.807, 2.05) is 19.9 Å². The largest absolute Gasteiger partial charge is 0.369 e. The molecule has 1 aromatic carbocycles. The molecule has 0 aromatic heterocycles. The lowest BCUT2D eigenvalue weighted by Gasteiger charge is -2.26. The maximum atomic E-state index is 11.3. The van der Waals surface area contributed by atoms with E-state index in [0.717, 1.165) is 6.54 Å². The molecule has 106 valence electrons. The highest BCUT2D eigenvalue weighted by Gasteiger charge is 2.25. The number of amides is 1. The molecule has 0 radical (unpaired) electrons. The fourth-order valence-electron chi connectivity index (χ4n) is 2.07. The van der Waals surface area contributed by atoms with Crippen molar-refractivity contribution < 1.29 is 4.79 Å². The van der Waals surface area contributed by atoms with Crippen molar-refractivity contribution in [3.8, 4) is 0 Å². The third kappa shape index (κ3) is 4.67. The van der Waals surface area contributed by atoms with Crippen molar-refractivity contribution in [2.24, 2.45) is 17.1 Å². The topological polar surface area (TPSA) is 55.1 Å². The van der Waals surface area contributed by atoms with Crippen molar-refractivity contribution in [1.29, 1.82) is 0 Å². The van der Waals surface area contributed by atoms with Crippen LogP contribution in [0.3, 0.4) is 0 Å². The van der Waals surface area contributed by atoms with Gasteiger partial charge in [-0.25, -0.2) is 0 Å². The van der Waals surface area contributed by atoms with E-state index in [2.05, 4.69) is 43.4 Å². The first kappa shape index (κ1) is 15.7. The number of rotatable bonds is 7. The Labute approximate surface area is 116 Å². The van der Waals surface area contributed by atoms with Crippen molar-refractivity contribution in [2.75, 3.05) is 13.1 Å². The first-order valence-corrected chi connectivity index (χ1v) is 6.90. The van der Waals surface area contributed by atoms with Crippen LogP contribution in [0.15, 0.2) is 30.3 Å². The van der Waals surface area contributed by atoms with Crippen LogP contribution in [-0.2, 0) is 4.79 Å². The Hall–Kier alpha value is -1.35. The number of benzene rings is 1. The molecule has 1 unspecified atom stereocenters. The minimum atomic E-state index is -0.502. The molecule has 0 aliphatic heterocycles. The van der Waals surface area contributed by atoms with Gasteiger partial charge in [0.05, 0.1) is 5.41 Å². The Balaban J connectivity index is 2.60. The SMILES string of the molecule is CC(C)C(CNCC(C)(C)C(N)=O)c1ccccc1. The number of hydrogen-bond acceptors (Lipinski definition) is 2. The summed E-state index contributed by atoms with van der Waals surface area (Å²) in [6, 6.07) is 10.5. The summed E-state index contributed by atoms with van der Waals surface area (Å²) < 4.78 is 0. The van der Waals surface area contributed by atoms with Gasteiger partial charge in [0.1, 0.15) is 0 Å². The van der Waals surface area contributed by atoms with Crippen LogP contribution in [0.4, 0.5) is 0 Å². The minimum Gasteiger partial charge on any atom is -0.369 e. The van der Waals surface area contributed by atoms with Crippen LogP contribution in [-0.4, -0.2) is 19.0 Å². The fourth-order valence-corrected chi connectivity index (χ4v) is 2.07. The van der Waals surface area contributed by atoms with Crippen LogP contribution in [0.2, 0.25) is 0 Å². The van der Waals surface area contributed by atoms with Crippen molar-refractivity contribution in [3.05, 3.63) is 35.9 Å². The Morgan fingerprint density at radius 1 is 1.26 bits per heavy atom. The average molecular weight is 262 g/mol. The standard InChI is InChI=1S/C16H26N2O/c1-12(2)14(13-8-6-5-7-9-13)10-18-11-16(3,4)15(17)19/h5-9,12,14,18H,10-11H2,1-4H3,(H2,17,19). The molecule has 0 saturated heterocycles. The van der Waals surface area contributed by atoms with Gasteiger partial charge >= 0.3 is 0 Å². The summed E-state index contributed by atoms with van der Waals surface area (Å²) in [6.07, 6.45) is 0. The first-order valence-electron chi connectivity index (χ1n) is 6.90. The molecule has 0 bridgehead atoms. The average Bonchev–Trinajstić information content (AvgIpc) is 2.35. The molecule has 1 rings (SSSR count). The van der Waals surface area contributed by atoms with E-state index in [4.69, 9.17) is 5.73 Å². The third-order valence-electron chi connectivity index (χ3n) is 3.63. The second-order valence-corrected chi connectivity index (χ2v) is 6.14. The summed E-state index contributed by atoms with van der Waals surface area (Å²) in [5, 5.41) is 3.39. The van der Waals surface area contributed by atoms with Gasteiger partial charge in [0.2, 0.25) is 5.91 Å². The highest BCUT2D eigenvalue weighted by molar-refractivity contribution is 5.80. The van der Waals surface area contributed by atoms with E-state index < -0.39 is 5.41 Å². The summed E-state index contributed by atoms with van der Waals surface area (Å²) in [5.74, 6) is 0.734. The zero-order valence-electron chi connectivity index (χ0n) is 12.4. The smallest absolute Gasteiger partial charge is 0.224 e. The van der Waals surface area contributed by atoms with Gasteiger partial charge in [-0.1, -0.05) is 44.2 Å². The molecule has 0 fully saturated rings. The second kappa shape index (κ2) is 6.71. The summed E-state index contributed by atoms with van der Waals surface area (Å²) in [7, 11) is 0. The van der Waals surface area contributed by atoms with Gasteiger partial charge in [0.25, 0.3) is 0 Å². The van der Waals surface area contributed by atoms with Crippen LogP contribution in [0.25, 0.3) is 0 Å². The van der Waals surface area contributed by atoms with Gasteiger partial charge in [-0.3, -0.25) is 4.79 Å². The van der Waals surface area contributed by atoms with Gasteiger partial charge in [0.15, 0.2) is 0 Å². The van der Waals surface area contributed by atoms with Crippen molar-refractivity contribution >= 4 is 5.91 Å². The number of carbonyl (C=O) groups is 1. The number of primary amides is 1. The molecule has 0 spiro atoms. The van der Waals surface area contributed by atoms with Gasteiger partial charge in [-0.15, -0.1) is 0 Å². The molecule has 0 heterocycles. The van der Waals surface area contributed by atoms with Crippen LogP contribution in [0.5, 0.6) is 0 Å². The van der Waals surface area contributed by atoms with E-state index in [1.165, 1.54) is 5.56 Å². The molecular weight excluding hydrogens is 236 g/mol. The molecule has 1 atom stereocenters. The van der Waals surface area contributed by atoms with Crippen LogP contribution in [0, 0.1) is 11.3 Å². The predicted molar refractivity (Wildman–Crippen MR) is 79.9 cm³/mol. The van der Waals surface area contributed by atoms with E-state index in [0.29, 0.717) is 18.4 Å². The summed E-state index contributed by atoms with van der Waals surface area (Å²) in [4.78, 5) is 11.3. The molecule has 1 aromatic rings. The molecule has 19 heavy (non-hydrogen) atoms. The van der Waals surface area contributed by atoms with E-state index >= 15 is 0 Å². The summed E-state index contributed by atoms with van der Waals surface area (Å²) in [6.45, 7) is 9.65. The molecule has 0 aliphatic rings. The van der Waals surface area contributed by atoms with Gasteiger partial charge in [-0.05, 0) is 31.2 Å². The van der Waals surface area contributed by atoms with E-state index in [1.54, 1.807) is 0 Å². The van der Waals surface area contributed by atoms with E-state index in [9.17, 15) is 4.79 Å². The Morgan fingerprint density at radius 2 is 1.84 bits per heavy atom. The molecule has 3 heteroatoms. The second-order valence-electron chi connectivity index (χ2n) is 6.14. The highest BCUT2D eigenvalue weighted by atomic mass is 16.1. The van der Waals surface area contributed by atoms with Gasteiger partial charge < -0.3 is 11.1 Å². The number of hydrogen-bond donors (Lipinski definition) is 2. The summed E-state index contributed by atoms with van der Waals surface area (Å²) in [5.41, 5.74) is 6.21. The number of nitrogens with two attached hydrogens (primary N) is 1. The lowest BCUT2D eigenvalue weighted by Crippen LogP contribution is -2.41. The lowest BCUT2D eigenvalue weighted by molar-refractivity contribution is -0.125. The van der Waals surface area contributed by atoms with Crippen LogP contribution < -0.4 is 11.1 Å². The molecule has 1 amide bonds. The molecule has 3 N–H and O–H groups in total. The lowest BCUT2D eigenvalue weighted by atomic mass is 9.87. The summed E-state index contributed by atoms with van der Waals surface area (Å²) >= 11 is 0. The van der Waals surface area contributed by atoms with Crippen molar-refractivity contribution in [3.63, 3.8) is 0 Å². The quantitative estimate of drug-likeness (QED) is 0.793. The molecule has 0 saturated carbocycles. The molecule has 0 aliphatic carbocycles. The Kier molecular flexibility index (Phi) is 5.55. The van der Waals surface area contributed by atoms with Gasteiger partial charge in [0, 0.05) is 13.1 Å². The Morgan fingerprint density at radius 3 is 2.32 bits per heavy atom.